The smallest absolute Gasteiger partial charge is 0.297 e. The molecule has 0 atom stereocenters. The predicted octanol–water partition coefficient (Wildman–Crippen LogP) is 1.13. The zero-order chi connectivity index (χ0) is 20.6. The molecule has 1 aromatic carbocycles. The maximum atomic E-state index is 13.0. The summed E-state index contributed by atoms with van der Waals surface area (Å²) < 4.78 is 37.0. The molecule has 0 amide bonds. The van der Waals surface area contributed by atoms with Crippen LogP contribution in [-0.4, -0.2) is 44.6 Å². The van der Waals surface area contributed by atoms with Crippen molar-refractivity contribution in [1.82, 2.24) is 22.6 Å². The van der Waals surface area contributed by atoms with Gasteiger partial charge in [-0.3, -0.25) is 14.3 Å². The van der Waals surface area contributed by atoms with Gasteiger partial charge in [0.25, 0.3) is 5.56 Å². The summed E-state index contributed by atoms with van der Waals surface area (Å²) >= 11 is 0.976. The van der Waals surface area contributed by atoms with Crippen LogP contribution in [0.15, 0.2) is 32.7 Å². The second-order valence-corrected chi connectivity index (χ2v) is 9.65. The number of sulfonamides is 1. The lowest BCUT2D eigenvalue weighted by atomic mass is 9.97. The minimum absolute atomic E-state index is 0.129. The molecule has 1 aliphatic rings. The van der Waals surface area contributed by atoms with Crippen molar-refractivity contribution in [3.63, 3.8) is 0 Å². The van der Waals surface area contributed by atoms with Gasteiger partial charge in [-0.05, 0) is 44.2 Å². The lowest BCUT2D eigenvalue weighted by Crippen LogP contribution is -2.37. The summed E-state index contributed by atoms with van der Waals surface area (Å²) in [7, 11) is -2.22. The fraction of sp³-hybridized carbons (Fsp3) is 0.444. The Morgan fingerprint density at radius 3 is 2.83 bits per heavy atom. The molecular formula is C18H21N5O4S2. The lowest BCUT2D eigenvalue weighted by molar-refractivity contribution is 0.436. The quantitative estimate of drug-likeness (QED) is 0.620. The van der Waals surface area contributed by atoms with Crippen LogP contribution < -0.4 is 11.2 Å². The third kappa shape index (κ3) is 3.65. The number of nitrogens with zero attached hydrogens (tertiary/aromatic N) is 4. The van der Waals surface area contributed by atoms with E-state index in [0.29, 0.717) is 42.4 Å². The zero-order valence-corrected chi connectivity index (χ0v) is 17.6. The van der Waals surface area contributed by atoms with Gasteiger partial charge in [-0.2, -0.15) is 8.75 Å². The van der Waals surface area contributed by atoms with Crippen molar-refractivity contribution in [1.29, 1.82) is 0 Å². The number of nitrogens with one attached hydrogen (secondary N) is 1. The summed E-state index contributed by atoms with van der Waals surface area (Å²) in [6, 6.07) is 4.90. The zero-order valence-electron chi connectivity index (χ0n) is 15.9. The number of aromatic nitrogens is 4. The second-order valence-electron chi connectivity index (χ2n) is 7.11. The fourth-order valence-corrected chi connectivity index (χ4v) is 5.72. The van der Waals surface area contributed by atoms with E-state index < -0.39 is 15.7 Å². The molecule has 0 unspecified atom stereocenters. The van der Waals surface area contributed by atoms with Gasteiger partial charge < -0.3 is 0 Å². The molecule has 29 heavy (non-hydrogen) atoms. The molecule has 0 radical (unpaired) electrons. The Morgan fingerprint density at radius 2 is 2.00 bits per heavy atom. The molecule has 11 heteroatoms. The molecule has 2 heterocycles. The van der Waals surface area contributed by atoms with Crippen LogP contribution in [0.1, 0.15) is 30.5 Å². The molecule has 4 rings (SSSR count). The lowest BCUT2D eigenvalue weighted by Gasteiger charge is -2.21. The molecule has 9 nitrogen and oxygen atoms in total. The predicted molar refractivity (Wildman–Crippen MR) is 110 cm³/mol. The van der Waals surface area contributed by atoms with Crippen LogP contribution >= 0.6 is 11.7 Å². The van der Waals surface area contributed by atoms with Crippen LogP contribution in [0, 0.1) is 0 Å². The van der Waals surface area contributed by atoms with Gasteiger partial charge in [-0.1, -0.05) is 6.07 Å². The number of fused-ring (bicyclic) bond motifs is 2. The number of hydrogen-bond acceptors (Lipinski definition) is 7. The fourth-order valence-electron chi connectivity index (χ4n) is 3.76. The van der Waals surface area contributed by atoms with Gasteiger partial charge >= 0.3 is 5.69 Å². The Kier molecular flexibility index (Phi) is 5.36. The van der Waals surface area contributed by atoms with E-state index in [4.69, 9.17) is 0 Å². The van der Waals surface area contributed by atoms with E-state index in [9.17, 15) is 18.0 Å². The standard InChI is InChI=1S/C18H21N5O4S2/c1-22(29(26,27)15-9-4-7-13-16(15)21-28-20-13)10-5-11-23-14-8-3-2-6-12(14)17(24)19-18(23)25/h4,7,9H,2-3,5-6,8,10-11H2,1H3,(H,19,24,25). The van der Waals surface area contributed by atoms with Gasteiger partial charge in [0.2, 0.25) is 10.0 Å². The molecule has 2 aromatic heterocycles. The van der Waals surface area contributed by atoms with E-state index in [1.54, 1.807) is 16.7 Å². The first-order valence-electron chi connectivity index (χ1n) is 9.42. The molecule has 154 valence electrons. The maximum absolute atomic E-state index is 13.0. The summed E-state index contributed by atoms with van der Waals surface area (Å²) in [6.07, 6.45) is 3.69. The van der Waals surface area contributed by atoms with Gasteiger partial charge in [0.1, 0.15) is 15.9 Å². The molecule has 0 fully saturated rings. The third-order valence-corrected chi connectivity index (χ3v) is 7.73. The number of H-pyrrole nitrogens is 1. The Labute approximate surface area is 171 Å². The van der Waals surface area contributed by atoms with Crippen molar-refractivity contribution in [2.24, 2.45) is 0 Å². The molecule has 1 aliphatic carbocycles. The summed E-state index contributed by atoms with van der Waals surface area (Å²) in [5.74, 6) is 0. The highest BCUT2D eigenvalue weighted by Crippen LogP contribution is 2.24. The highest BCUT2D eigenvalue weighted by atomic mass is 32.2. The van der Waals surface area contributed by atoms with E-state index in [-0.39, 0.29) is 17.0 Å². The van der Waals surface area contributed by atoms with Crippen molar-refractivity contribution >= 4 is 32.8 Å². The first-order chi connectivity index (χ1) is 13.9. The van der Waals surface area contributed by atoms with Crippen molar-refractivity contribution in [2.75, 3.05) is 13.6 Å². The monoisotopic (exact) mass is 435 g/mol. The van der Waals surface area contributed by atoms with Crippen LogP contribution in [-0.2, 0) is 29.4 Å². The van der Waals surface area contributed by atoms with Gasteiger partial charge in [0.15, 0.2) is 0 Å². The first kappa shape index (κ1) is 19.9. The molecular weight excluding hydrogens is 414 g/mol. The summed E-state index contributed by atoms with van der Waals surface area (Å²) in [5, 5.41) is 0. The number of rotatable bonds is 6. The Balaban J connectivity index is 1.52. The maximum Gasteiger partial charge on any atom is 0.328 e. The molecule has 0 aliphatic heterocycles. The largest absolute Gasteiger partial charge is 0.328 e. The Hall–Kier alpha value is -2.37. The van der Waals surface area contributed by atoms with Gasteiger partial charge in [0.05, 0.1) is 11.7 Å². The SMILES string of the molecule is CN(CCCn1c2c(c(=O)[nH]c1=O)CCCC2)S(=O)(=O)c1cccc2nsnc12. The van der Waals surface area contributed by atoms with E-state index in [1.165, 1.54) is 17.4 Å². The minimum atomic E-state index is -3.73. The van der Waals surface area contributed by atoms with Crippen molar-refractivity contribution in [3.05, 3.63) is 50.3 Å². The molecule has 0 saturated heterocycles. The van der Waals surface area contributed by atoms with Gasteiger partial charge in [-0.25, -0.2) is 17.5 Å². The summed E-state index contributed by atoms with van der Waals surface area (Å²) in [5.41, 5.74) is 1.66. The van der Waals surface area contributed by atoms with E-state index >= 15 is 0 Å². The molecule has 0 bridgehead atoms. The van der Waals surface area contributed by atoms with Crippen LogP contribution in [0.25, 0.3) is 11.0 Å². The molecule has 1 N–H and O–H groups in total. The van der Waals surface area contributed by atoms with Crippen LogP contribution in [0.4, 0.5) is 0 Å². The number of benzene rings is 1. The Bertz CT molecular complexity index is 1280. The van der Waals surface area contributed by atoms with Crippen LogP contribution in [0.5, 0.6) is 0 Å². The van der Waals surface area contributed by atoms with Gasteiger partial charge in [0, 0.05) is 31.4 Å². The first-order valence-corrected chi connectivity index (χ1v) is 11.6. The van der Waals surface area contributed by atoms with Crippen LogP contribution in [0.3, 0.4) is 0 Å². The van der Waals surface area contributed by atoms with Crippen molar-refractivity contribution < 1.29 is 8.42 Å². The highest BCUT2D eigenvalue weighted by molar-refractivity contribution is 7.89. The van der Waals surface area contributed by atoms with E-state index in [1.807, 2.05) is 0 Å². The molecule has 0 spiro atoms. The average Bonchev–Trinajstić information content (AvgIpc) is 3.19. The minimum Gasteiger partial charge on any atom is -0.297 e. The van der Waals surface area contributed by atoms with Crippen molar-refractivity contribution in [3.8, 4) is 0 Å². The summed E-state index contributed by atoms with van der Waals surface area (Å²) in [4.78, 5) is 26.8. The summed E-state index contributed by atoms with van der Waals surface area (Å²) in [6.45, 7) is 0.580. The number of aromatic amines is 1. The third-order valence-electron chi connectivity index (χ3n) is 5.30. The second kappa shape index (κ2) is 7.81. The average molecular weight is 436 g/mol. The topological polar surface area (TPSA) is 118 Å². The highest BCUT2D eigenvalue weighted by Gasteiger charge is 2.25. The number of hydrogen-bond donors (Lipinski definition) is 1. The van der Waals surface area contributed by atoms with E-state index in [0.717, 1.165) is 30.3 Å². The van der Waals surface area contributed by atoms with Gasteiger partial charge in [-0.15, -0.1) is 0 Å². The van der Waals surface area contributed by atoms with E-state index in [2.05, 4.69) is 13.7 Å². The molecule has 3 aromatic rings. The van der Waals surface area contributed by atoms with Crippen molar-refractivity contribution in [2.45, 2.75) is 43.5 Å². The normalized spacial score (nSPS) is 14.4. The Morgan fingerprint density at radius 1 is 1.21 bits per heavy atom. The molecule has 0 saturated carbocycles. The van der Waals surface area contributed by atoms with Crippen LogP contribution in [0.2, 0.25) is 0 Å².